The number of hydrogen-bond donors (Lipinski definition) is 1. The van der Waals surface area contributed by atoms with Gasteiger partial charge < -0.3 is 15.1 Å². The first-order chi connectivity index (χ1) is 8.79. The number of nitrogens with one attached hydrogen (secondary N) is 1. The number of amides is 1. The van der Waals surface area contributed by atoms with Crippen molar-refractivity contribution in [3.63, 3.8) is 0 Å². The standard InChI is InChI=1S/C14H27N3O/c1-15-7-4-5-14(18)17-10-6-13(12-17)11-16-8-2-3-9-16/h13,15H,2-12H2,1H3. The SMILES string of the molecule is CNCCCC(=O)N1CCC(CN2CCCC2)C1. The first-order valence-corrected chi connectivity index (χ1v) is 7.44. The number of rotatable bonds is 6. The van der Waals surface area contributed by atoms with Gasteiger partial charge in [-0.15, -0.1) is 0 Å². The molecule has 2 rings (SSSR count). The van der Waals surface area contributed by atoms with Gasteiger partial charge in [0, 0.05) is 26.1 Å². The Morgan fingerprint density at radius 2 is 2.06 bits per heavy atom. The first-order valence-electron chi connectivity index (χ1n) is 7.44. The lowest BCUT2D eigenvalue weighted by molar-refractivity contribution is -0.130. The van der Waals surface area contributed by atoms with Crippen LogP contribution >= 0.6 is 0 Å². The van der Waals surface area contributed by atoms with Gasteiger partial charge in [-0.25, -0.2) is 0 Å². The Morgan fingerprint density at radius 3 is 2.78 bits per heavy atom. The number of likely N-dealkylation sites (tertiary alicyclic amines) is 2. The van der Waals surface area contributed by atoms with Crippen LogP contribution in [0.3, 0.4) is 0 Å². The van der Waals surface area contributed by atoms with E-state index in [-0.39, 0.29) is 0 Å². The number of nitrogens with zero attached hydrogens (tertiary/aromatic N) is 2. The van der Waals surface area contributed by atoms with Crippen molar-refractivity contribution in [1.29, 1.82) is 0 Å². The minimum absolute atomic E-state index is 0.356. The summed E-state index contributed by atoms with van der Waals surface area (Å²) in [7, 11) is 1.94. The van der Waals surface area contributed by atoms with Crippen molar-refractivity contribution < 1.29 is 4.79 Å². The summed E-state index contributed by atoms with van der Waals surface area (Å²) in [5.74, 6) is 1.07. The van der Waals surface area contributed by atoms with Gasteiger partial charge in [0.25, 0.3) is 0 Å². The van der Waals surface area contributed by atoms with Crippen molar-refractivity contribution in [2.75, 3.05) is 46.3 Å². The van der Waals surface area contributed by atoms with Crippen LogP contribution < -0.4 is 5.32 Å². The largest absolute Gasteiger partial charge is 0.342 e. The predicted octanol–water partition coefficient (Wildman–Crippen LogP) is 0.930. The number of hydrogen-bond acceptors (Lipinski definition) is 3. The van der Waals surface area contributed by atoms with Crippen molar-refractivity contribution in [2.45, 2.75) is 32.1 Å². The zero-order valence-corrected chi connectivity index (χ0v) is 11.7. The van der Waals surface area contributed by atoms with E-state index in [2.05, 4.69) is 15.1 Å². The van der Waals surface area contributed by atoms with Gasteiger partial charge in [0.1, 0.15) is 0 Å². The molecule has 1 N–H and O–H groups in total. The molecule has 4 heteroatoms. The van der Waals surface area contributed by atoms with Crippen LogP contribution in [0.1, 0.15) is 32.1 Å². The van der Waals surface area contributed by atoms with Crippen LogP contribution in [0.2, 0.25) is 0 Å². The van der Waals surface area contributed by atoms with Crippen LogP contribution in [0.4, 0.5) is 0 Å². The third kappa shape index (κ3) is 3.95. The molecule has 104 valence electrons. The molecule has 1 amide bonds. The Kier molecular flexibility index (Phi) is 5.45. The van der Waals surface area contributed by atoms with Crippen molar-refractivity contribution in [2.24, 2.45) is 5.92 Å². The fourth-order valence-corrected chi connectivity index (χ4v) is 3.11. The molecule has 0 aromatic carbocycles. The molecule has 0 aromatic rings. The highest BCUT2D eigenvalue weighted by molar-refractivity contribution is 5.76. The fraction of sp³-hybridized carbons (Fsp3) is 0.929. The molecular formula is C14H27N3O. The lowest BCUT2D eigenvalue weighted by atomic mass is 10.1. The van der Waals surface area contributed by atoms with Crippen molar-refractivity contribution >= 4 is 5.91 Å². The molecule has 1 unspecified atom stereocenters. The van der Waals surface area contributed by atoms with Crippen molar-refractivity contribution in [3.8, 4) is 0 Å². The second-order valence-corrected chi connectivity index (χ2v) is 5.71. The second-order valence-electron chi connectivity index (χ2n) is 5.71. The van der Waals surface area contributed by atoms with E-state index in [9.17, 15) is 4.79 Å². The smallest absolute Gasteiger partial charge is 0.222 e. The van der Waals surface area contributed by atoms with Crippen molar-refractivity contribution in [1.82, 2.24) is 15.1 Å². The molecule has 0 aliphatic carbocycles. The number of carbonyl (C=O) groups excluding carboxylic acids is 1. The maximum absolute atomic E-state index is 12.0. The van der Waals surface area contributed by atoms with E-state index < -0.39 is 0 Å². The third-order valence-corrected chi connectivity index (χ3v) is 4.17. The summed E-state index contributed by atoms with van der Waals surface area (Å²) in [4.78, 5) is 16.6. The van der Waals surface area contributed by atoms with Gasteiger partial charge in [-0.2, -0.15) is 0 Å². The molecule has 18 heavy (non-hydrogen) atoms. The van der Waals surface area contributed by atoms with Gasteiger partial charge in [0.2, 0.25) is 5.91 Å². The molecule has 0 saturated carbocycles. The molecule has 0 bridgehead atoms. The summed E-state index contributed by atoms with van der Waals surface area (Å²) < 4.78 is 0. The normalized spacial score (nSPS) is 24.9. The van der Waals surface area contributed by atoms with Gasteiger partial charge in [0.15, 0.2) is 0 Å². The quantitative estimate of drug-likeness (QED) is 0.715. The molecule has 1 atom stereocenters. The zero-order valence-electron chi connectivity index (χ0n) is 11.7. The highest BCUT2D eigenvalue weighted by atomic mass is 16.2. The molecule has 0 spiro atoms. The Balaban J connectivity index is 1.65. The maximum atomic E-state index is 12.0. The Hall–Kier alpha value is -0.610. The Bertz CT molecular complexity index is 264. The Labute approximate surface area is 111 Å². The predicted molar refractivity (Wildman–Crippen MR) is 73.5 cm³/mol. The van der Waals surface area contributed by atoms with E-state index >= 15 is 0 Å². The van der Waals surface area contributed by atoms with Crippen LogP contribution in [0, 0.1) is 5.92 Å². The number of carbonyl (C=O) groups is 1. The summed E-state index contributed by atoms with van der Waals surface area (Å²) in [6.07, 6.45) is 5.59. The third-order valence-electron chi connectivity index (χ3n) is 4.17. The summed E-state index contributed by atoms with van der Waals surface area (Å²) in [5.41, 5.74) is 0. The Morgan fingerprint density at radius 1 is 1.28 bits per heavy atom. The van der Waals surface area contributed by atoms with Gasteiger partial charge in [-0.3, -0.25) is 4.79 Å². The zero-order chi connectivity index (χ0) is 12.8. The molecule has 4 nitrogen and oxygen atoms in total. The molecule has 0 radical (unpaired) electrons. The minimum atomic E-state index is 0.356. The summed E-state index contributed by atoms with van der Waals surface area (Å²) in [6.45, 7) is 6.67. The highest BCUT2D eigenvalue weighted by Crippen LogP contribution is 2.20. The lowest BCUT2D eigenvalue weighted by Gasteiger charge is -2.20. The van der Waals surface area contributed by atoms with E-state index in [4.69, 9.17) is 0 Å². The summed E-state index contributed by atoms with van der Waals surface area (Å²) in [6, 6.07) is 0. The van der Waals surface area contributed by atoms with Crippen LogP contribution in [0.15, 0.2) is 0 Å². The van der Waals surface area contributed by atoms with E-state index in [0.29, 0.717) is 12.3 Å². The van der Waals surface area contributed by atoms with Crippen LogP contribution in [-0.2, 0) is 4.79 Å². The molecule has 2 saturated heterocycles. The van der Waals surface area contributed by atoms with E-state index in [1.165, 1.54) is 38.9 Å². The summed E-state index contributed by atoms with van der Waals surface area (Å²) >= 11 is 0. The topological polar surface area (TPSA) is 35.6 Å². The van der Waals surface area contributed by atoms with Crippen LogP contribution in [0.5, 0.6) is 0 Å². The first kappa shape index (κ1) is 13.8. The molecular weight excluding hydrogens is 226 g/mol. The van der Waals surface area contributed by atoms with E-state index in [0.717, 1.165) is 32.0 Å². The van der Waals surface area contributed by atoms with E-state index in [1.807, 2.05) is 7.05 Å². The van der Waals surface area contributed by atoms with Gasteiger partial charge in [-0.05, 0) is 58.3 Å². The van der Waals surface area contributed by atoms with Crippen molar-refractivity contribution in [3.05, 3.63) is 0 Å². The molecule has 2 heterocycles. The highest BCUT2D eigenvalue weighted by Gasteiger charge is 2.27. The molecule has 0 aromatic heterocycles. The summed E-state index contributed by atoms with van der Waals surface area (Å²) in [5, 5.41) is 3.09. The second kappa shape index (κ2) is 7.10. The minimum Gasteiger partial charge on any atom is -0.342 e. The van der Waals surface area contributed by atoms with Gasteiger partial charge in [0.05, 0.1) is 0 Å². The van der Waals surface area contributed by atoms with E-state index in [1.54, 1.807) is 0 Å². The average Bonchev–Trinajstić information content (AvgIpc) is 3.01. The molecule has 2 fully saturated rings. The lowest BCUT2D eigenvalue weighted by Crippen LogP contribution is -2.32. The molecule has 2 aliphatic heterocycles. The van der Waals surface area contributed by atoms with Gasteiger partial charge >= 0.3 is 0 Å². The monoisotopic (exact) mass is 253 g/mol. The molecule has 2 aliphatic rings. The van der Waals surface area contributed by atoms with Gasteiger partial charge in [-0.1, -0.05) is 0 Å². The van der Waals surface area contributed by atoms with Crippen LogP contribution in [0.25, 0.3) is 0 Å². The average molecular weight is 253 g/mol. The maximum Gasteiger partial charge on any atom is 0.222 e. The fourth-order valence-electron chi connectivity index (χ4n) is 3.11. The van der Waals surface area contributed by atoms with Crippen LogP contribution in [-0.4, -0.2) is 62.0 Å².